The van der Waals surface area contributed by atoms with Gasteiger partial charge in [0.15, 0.2) is 0 Å². The van der Waals surface area contributed by atoms with Gasteiger partial charge in [-0.1, -0.05) is 11.6 Å². The zero-order valence-electron chi connectivity index (χ0n) is 13.0. The van der Waals surface area contributed by atoms with Crippen molar-refractivity contribution in [3.05, 3.63) is 29.0 Å². The predicted octanol–water partition coefficient (Wildman–Crippen LogP) is 1.75. The van der Waals surface area contributed by atoms with Gasteiger partial charge >= 0.3 is 5.97 Å². The number of fused-ring (bicyclic) bond motifs is 1. The first kappa shape index (κ1) is 16.2. The molecule has 124 valence electrons. The molecule has 0 aliphatic carbocycles. The van der Waals surface area contributed by atoms with Crippen molar-refractivity contribution >= 4 is 23.5 Å². The summed E-state index contributed by atoms with van der Waals surface area (Å²) in [5, 5.41) is 10.2. The first-order valence-corrected chi connectivity index (χ1v) is 8.16. The molecular formula is C16H20ClN3O3. The number of pyridine rings is 1. The molecule has 0 saturated carbocycles. The van der Waals surface area contributed by atoms with Gasteiger partial charge in [0.1, 0.15) is 5.69 Å². The van der Waals surface area contributed by atoms with Crippen LogP contribution < -0.4 is 0 Å². The van der Waals surface area contributed by atoms with Crippen molar-refractivity contribution in [2.24, 2.45) is 5.41 Å². The van der Waals surface area contributed by atoms with Crippen LogP contribution in [0.2, 0.25) is 5.02 Å². The maximum atomic E-state index is 12.6. The molecule has 2 aliphatic heterocycles. The zero-order chi connectivity index (χ0) is 16.6. The van der Waals surface area contributed by atoms with Gasteiger partial charge in [-0.2, -0.15) is 0 Å². The van der Waals surface area contributed by atoms with Crippen LogP contribution in [0.4, 0.5) is 0 Å². The van der Waals surface area contributed by atoms with E-state index in [-0.39, 0.29) is 11.9 Å². The number of likely N-dealkylation sites (N-methyl/N-ethyl adjacent to an activating group) is 1. The van der Waals surface area contributed by atoms with E-state index >= 15 is 0 Å². The molecule has 0 unspecified atom stereocenters. The van der Waals surface area contributed by atoms with E-state index in [9.17, 15) is 14.7 Å². The Kier molecular flexibility index (Phi) is 4.29. The maximum Gasteiger partial charge on any atom is 0.311 e. The molecule has 0 radical (unpaired) electrons. The number of carboxylic acids is 1. The van der Waals surface area contributed by atoms with E-state index in [0.29, 0.717) is 36.6 Å². The van der Waals surface area contributed by atoms with E-state index in [2.05, 4.69) is 9.88 Å². The molecule has 2 saturated heterocycles. The highest BCUT2D eigenvalue weighted by Gasteiger charge is 2.52. The first-order chi connectivity index (χ1) is 10.9. The lowest BCUT2D eigenvalue weighted by molar-refractivity contribution is -0.161. The van der Waals surface area contributed by atoms with E-state index in [0.717, 1.165) is 13.0 Å². The van der Waals surface area contributed by atoms with E-state index in [1.807, 2.05) is 7.05 Å². The van der Waals surface area contributed by atoms with E-state index in [4.69, 9.17) is 11.6 Å². The number of aromatic nitrogens is 1. The number of amides is 1. The third kappa shape index (κ3) is 2.81. The van der Waals surface area contributed by atoms with Gasteiger partial charge < -0.3 is 14.9 Å². The lowest BCUT2D eigenvalue weighted by atomic mass is 9.68. The molecule has 2 fully saturated rings. The summed E-state index contributed by atoms with van der Waals surface area (Å²) in [4.78, 5) is 32.4. The number of hydrogen-bond donors (Lipinski definition) is 1. The van der Waals surface area contributed by atoms with E-state index in [1.165, 1.54) is 6.20 Å². The number of aliphatic carboxylic acids is 1. The smallest absolute Gasteiger partial charge is 0.311 e. The van der Waals surface area contributed by atoms with Gasteiger partial charge in [0, 0.05) is 25.3 Å². The van der Waals surface area contributed by atoms with Gasteiger partial charge in [-0.3, -0.25) is 9.59 Å². The van der Waals surface area contributed by atoms with Crippen molar-refractivity contribution in [3.63, 3.8) is 0 Å². The van der Waals surface area contributed by atoms with Crippen LogP contribution in [0.5, 0.6) is 0 Å². The maximum absolute atomic E-state index is 12.6. The number of carbonyl (C=O) groups excluding carboxylic acids is 1. The fraction of sp³-hybridized carbons (Fsp3) is 0.562. The van der Waals surface area contributed by atoms with Gasteiger partial charge in [0.2, 0.25) is 0 Å². The van der Waals surface area contributed by atoms with Crippen LogP contribution >= 0.6 is 11.6 Å². The third-order valence-corrected chi connectivity index (χ3v) is 5.41. The number of hydrogen-bond acceptors (Lipinski definition) is 4. The van der Waals surface area contributed by atoms with Crippen molar-refractivity contribution in [1.82, 2.24) is 14.8 Å². The SMILES string of the molecule is CN1CCC[C@]2(C(=O)O)CCN(C(=O)c3ccc(Cl)cn3)C[C@@H]12. The van der Waals surface area contributed by atoms with Crippen LogP contribution in [0.15, 0.2) is 18.3 Å². The van der Waals surface area contributed by atoms with Crippen LogP contribution in [-0.4, -0.2) is 64.5 Å². The number of rotatable bonds is 2. The molecule has 7 heteroatoms. The predicted molar refractivity (Wildman–Crippen MR) is 85.5 cm³/mol. The molecule has 0 bridgehead atoms. The summed E-state index contributed by atoms with van der Waals surface area (Å²) < 4.78 is 0. The van der Waals surface area contributed by atoms with Crippen molar-refractivity contribution in [2.75, 3.05) is 26.7 Å². The topological polar surface area (TPSA) is 73.7 Å². The molecular weight excluding hydrogens is 318 g/mol. The number of carbonyl (C=O) groups is 2. The second-order valence-electron chi connectivity index (χ2n) is 6.42. The number of halogens is 1. The molecule has 23 heavy (non-hydrogen) atoms. The van der Waals surface area contributed by atoms with Crippen LogP contribution in [-0.2, 0) is 4.79 Å². The standard InChI is InChI=1S/C16H20ClN3O3/c1-19-7-2-5-16(15(22)23)6-8-20(10-13(16)19)14(21)12-4-3-11(17)9-18-12/h3-4,9,13H,2,5-8,10H2,1H3,(H,22,23)/t13-,16+/m1/s1. The molecule has 2 atom stereocenters. The average molecular weight is 338 g/mol. The van der Waals surface area contributed by atoms with E-state index in [1.54, 1.807) is 17.0 Å². The summed E-state index contributed by atoms with van der Waals surface area (Å²) in [6.45, 7) is 1.73. The normalized spacial score (nSPS) is 28.3. The Morgan fingerprint density at radius 1 is 1.35 bits per heavy atom. The minimum atomic E-state index is -0.745. The van der Waals surface area contributed by atoms with E-state index < -0.39 is 11.4 Å². The minimum Gasteiger partial charge on any atom is -0.481 e. The number of likely N-dealkylation sites (tertiary alicyclic amines) is 2. The Balaban J connectivity index is 1.81. The molecule has 1 aromatic rings. The van der Waals surface area contributed by atoms with Gasteiger partial charge in [0.05, 0.1) is 10.4 Å². The first-order valence-electron chi connectivity index (χ1n) is 7.78. The van der Waals surface area contributed by atoms with Crippen molar-refractivity contribution < 1.29 is 14.7 Å². The Morgan fingerprint density at radius 2 is 2.13 bits per heavy atom. The van der Waals surface area contributed by atoms with Crippen molar-refractivity contribution in [3.8, 4) is 0 Å². The Morgan fingerprint density at radius 3 is 2.78 bits per heavy atom. The largest absolute Gasteiger partial charge is 0.481 e. The quantitative estimate of drug-likeness (QED) is 0.890. The third-order valence-electron chi connectivity index (χ3n) is 5.18. The van der Waals surface area contributed by atoms with Crippen LogP contribution in [0.3, 0.4) is 0 Å². The van der Waals surface area contributed by atoms with Crippen LogP contribution in [0.25, 0.3) is 0 Å². The summed E-state index contributed by atoms with van der Waals surface area (Å²) in [5.41, 5.74) is -0.396. The van der Waals surface area contributed by atoms with Crippen LogP contribution in [0, 0.1) is 5.41 Å². The van der Waals surface area contributed by atoms with Gasteiger partial charge in [-0.25, -0.2) is 4.98 Å². The molecule has 3 rings (SSSR count). The molecule has 3 heterocycles. The minimum absolute atomic E-state index is 0.154. The molecule has 6 nitrogen and oxygen atoms in total. The van der Waals surface area contributed by atoms with Crippen molar-refractivity contribution in [2.45, 2.75) is 25.3 Å². The van der Waals surface area contributed by atoms with Gasteiger partial charge in [-0.15, -0.1) is 0 Å². The Labute approximate surface area is 140 Å². The number of nitrogens with zero attached hydrogens (tertiary/aromatic N) is 3. The summed E-state index contributed by atoms with van der Waals surface area (Å²) in [7, 11) is 1.94. The summed E-state index contributed by atoms with van der Waals surface area (Å²) >= 11 is 5.81. The summed E-state index contributed by atoms with van der Waals surface area (Å²) in [5.74, 6) is -0.912. The fourth-order valence-electron chi connectivity index (χ4n) is 3.83. The van der Waals surface area contributed by atoms with Crippen molar-refractivity contribution in [1.29, 1.82) is 0 Å². The van der Waals surface area contributed by atoms with Gasteiger partial charge in [-0.05, 0) is 45.0 Å². The highest BCUT2D eigenvalue weighted by atomic mass is 35.5. The fourth-order valence-corrected chi connectivity index (χ4v) is 3.95. The van der Waals surface area contributed by atoms with Gasteiger partial charge in [0.25, 0.3) is 5.91 Å². The Bertz CT molecular complexity index is 622. The zero-order valence-corrected chi connectivity index (χ0v) is 13.8. The molecule has 2 aliphatic rings. The second kappa shape index (κ2) is 6.09. The monoisotopic (exact) mass is 337 g/mol. The lowest BCUT2D eigenvalue weighted by Gasteiger charge is -2.51. The lowest BCUT2D eigenvalue weighted by Crippen LogP contribution is -2.63. The Hall–Kier alpha value is -1.66. The molecule has 1 amide bonds. The highest BCUT2D eigenvalue weighted by Crippen LogP contribution is 2.42. The summed E-state index contributed by atoms with van der Waals surface area (Å²) in [6.07, 6.45) is 3.49. The second-order valence-corrected chi connectivity index (χ2v) is 6.86. The molecule has 1 N–H and O–H groups in total. The molecule has 1 aromatic heterocycles. The number of carboxylic acid groups (broad SMARTS) is 1. The molecule has 0 aromatic carbocycles. The highest BCUT2D eigenvalue weighted by molar-refractivity contribution is 6.30. The molecule has 0 spiro atoms. The average Bonchev–Trinajstić information content (AvgIpc) is 2.55. The number of piperidine rings is 2. The summed E-state index contributed by atoms with van der Waals surface area (Å²) in [6, 6.07) is 3.09. The van der Waals surface area contributed by atoms with Crippen LogP contribution in [0.1, 0.15) is 29.8 Å².